The number of rotatable bonds is 3. The van der Waals surface area contributed by atoms with E-state index in [9.17, 15) is 0 Å². The van der Waals surface area contributed by atoms with Crippen LogP contribution in [0.3, 0.4) is 0 Å². The topological polar surface area (TPSA) is 70.7 Å². The number of methoxy groups -OCH3 is 1. The van der Waals surface area contributed by atoms with Crippen molar-refractivity contribution in [3.8, 4) is 17.3 Å². The molecule has 0 aliphatic rings. The van der Waals surface area contributed by atoms with Gasteiger partial charge in [-0.2, -0.15) is 10.1 Å². The van der Waals surface area contributed by atoms with Crippen molar-refractivity contribution in [2.45, 2.75) is 20.4 Å². The number of hydrogen-bond acceptors (Lipinski definition) is 5. The summed E-state index contributed by atoms with van der Waals surface area (Å²) in [5.41, 5.74) is 3.49. The molecule has 104 valence electrons. The van der Waals surface area contributed by atoms with E-state index in [1.165, 1.54) is 6.33 Å². The maximum Gasteiger partial charge on any atom is 0.245 e. The lowest BCUT2D eigenvalue weighted by Crippen LogP contribution is -2.00. The van der Waals surface area contributed by atoms with Crippen LogP contribution in [0.2, 0.25) is 0 Å². The molecule has 20 heavy (non-hydrogen) atoms. The number of ether oxygens (including phenoxy) is 1. The predicted molar refractivity (Wildman–Crippen MR) is 74.5 cm³/mol. The Morgan fingerprint density at radius 3 is 2.75 bits per heavy atom. The van der Waals surface area contributed by atoms with Crippen LogP contribution in [-0.2, 0) is 13.6 Å². The van der Waals surface area contributed by atoms with Gasteiger partial charge < -0.3 is 9.30 Å². The largest absolute Gasteiger partial charge is 0.479 e. The smallest absolute Gasteiger partial charge is 0.245 e. The van der Waals surface area contributed by atoms with E-state index in [0.29, 0.717) is 11.4 Å². The van der Waals surface area contributed by atoms with Crippen LogP contribution in [-0.4, -0.2) is 36.4 Å². The Hall–Kier alpha value is -2.44. The van der Waals surface area contributed by atoms with Gasteiger partial charge in [0, 0.05) is 19.3 Å². The second-order valence-corrected chi connectivity index (χ2v) is 4.51. The monoisotopic (exact) mass is 272 g/mol. The van der Waals surface area contributed by atoms with Crippen molar-refractivity contribution < 1.29 is 4.74 Å². The van der Waals surface area contributed by atoms with E-state index in [4.69, 9.17) is 4.74 Å². The standard InChI is InChI=1S/C13H16N6O/c1-5-19-8(2)9(6-16-19)11-17-10-12(18(11)3)14-7-15-13(10)20-4/h6-7H,5H2,1-4H3. The molecule has 3 aromatic heterocycles. The first-order valence-electron chi connectivity index (χ1n) is 6.41. The van der Waals surface area contributed by atoms with Crippen molar-refractivity contribution in [2.24, 2.45) is 7.05 Å². The van der Waals surface area contributed by atoms with Crippen molar-refractivity contribution in [1.29, 1.82) is 0 Å². The summed E-state index contributed by atoms with van der Waals surface area (Å²) in [7, 11) is 3.51. The molecule has 0 unspecified atom stereocenters. The molecule has 0 aromatic carbocycles. The van der Waals surface area contributed by atoms with Crippen molar-refractivity contribution in [3.63, 3.8) is 0 Å². The Kier molecular flexibility index (Phi) is 2.89. The molecule has 0 atom stereocenters. The van der Waals surface area contributed by atoms with Gasteiger partial charge in [-0.25, -0.2) is 9.97 Å². The highest BCUT2D eigenvalue weighted by molar-refractivity contribution is 5.81. The van der Waals surface area contributed by atoms with Crippen LogP contribution in [0, 0.1) is 6.92 Å². The number of imidazole rings is 1. The first-order valence-corrected chi connectivity index (χ1v) is 6.41. The van der Waals surface area contributed by atoms with Gasteiger partial charge >= 0.3 is 0 Å². The van der Waals surface area contributed by atoms with Crippen LogP contribution in [0.15, 0.2) is 12.5 Å². The number of fused-ring (bicyclic) bond motifs is 1. The minimum absolute atomic E-state index is 0.484. The maximum atomic E-state index is 5.24. The highest BCUT2D eigenvalue weighted by Crippen LogP contribution is 2.28. The number of nitrogens with zero attached hydrogens (tertiary/aromatic N) is 6. The van der Waals surface area contributed by atoms with Gasteiger partial charge in [-0.3, -0.25) is 4.68 Å². The minimum Gasteiger partial charge on any atom is -0.479 e. The average Bonchev–Trinajstić information content (AvgIpc) is 2.99. The van der Waals surface area contributed by atoms with Crippen molar-refractivity contribution in [2.75, 3.05) is 7.11 Å². The fraction of sp³-hybridized carbons (Fsp3) is 0.385. The summed E-state index contributed by atoms with van der Waals surface area (Å²) >= 11 is 0. The van der Waals surface area contributed by atoms with E-state index in [2.05, 4.69) is 27.0 Å². The van der Waals surface area contributed by atoms with Crippen LogP contribution in [0.25, 0.3) is 22.6 Å². The number of aromatic nitrogens is 6. The summed E-state index contributed by atoms with van der Waals surface area (Å²) in [6.45, 7) is 4.93. The molecule has 3 rings (SSSR count). The summed E-state index contributed by atoms with van der Waals surface area (Å²) in [5, 5.41) is 4.36. The molecule has 0 N–H and O–H groups in total. The maximum absolute atomic E-state index is 5.24. The highest BCUT2D eigenvalue weighted by atomic mass is 16.5. The lowest BCUT2D eigenvalue weighted by Gasteiger charge is -2.02. The van der Waals surface area contributed by atoms with Gasteiger partial charge in [0.05, 0.1) is 18.9 Å². The number of aryl methyl sites for hydroxylation is 2. The Labute approximate surface area is 116 Å². The normalized spacial score (nSPS) is 11.2. The van der Waals surface area contributed by atoms with E-state index in [1.54, 1.807) is 7.11 Å². The van der Waals surface area contributed by atoms with Crippen LogP contribution in [0.4, 0.5) is 0 Å². The molecule has 0 aliphatic carbocycles. The third kappa shape index (κ3) is 1.66. The zero-order valence-corrected chi connectivity index (χ0v) is 12.0. The van der Waals surface area contributed by atoms with E-state index in [0.717, 1.165) is 29.3 Å². The van der Waals surface area contributed by atoms with Crippen LogP contribution in [0.5, 0.6) is 5.88 Å². The average molecular weight is 272 g/mol. The second kappa shape index (κ2) is 4.59. The van der Waals surface area contributed by atoms with E-state index in [1.807, 2.05) is 29.4 Å². The Bertz CT molecular complexity index is 773. The highest BCUT2D eigenvalue weighted by Gasteiger charge is 2.18. The number of hydrogen-bond donors (Lipinski definition) is 0. The fourth-order valence-electron chi connectivity index (χ4n) is 2.35. The molecule has 3 heterocycles. The molecule has 0 amide bonds. The SMILES string of the molecule is CCn1ncc(-c2nc3c(OC)ncnc3n2C)c1C. The summed E-state index contributed by atoms with van der Waals surface area (Å²) in [6, 6.07) is 0. The third-order valence-electron chi connectivity index (χ3n) is 3.46. The summed E-state index contributed by atoms with van der Waals surface area (Å²) in [4.78, 5) is 13.0. The third-order valence-corrected chi connectivity index (χ3v) is 3.46. The molecular formula is C13H16N6O. The molecule has 0 spiro atoms. The van der Waals surface area contributed by atoms with Crippen molar-refractivity contribution in [3.05, 3.63) is 18.2 Å². The Balaban J connectivity index is 2.26. The van der Waals surface area contributed by atoms with Gasteiger partial charge in [-0.1, -0.05) is 0 Å². The van der Waals surface area contributed by atoms with Gasteiger partial charge in [-0.15, -0.1) is 0 Å². The molecule has 0 bridgehead atoms. The lowest BCUT2D eigenvalue weighted by atomic mass is 10.2. The fourth-order valence-corrected chi connectivity index (χ4v) is 2.35. The lowest BCUT2D eigenvalue weighted by molar-refractivity contribution is 0.401. The van der Waals surface area contributed by atoms with E-state index < -0.39 is 0 Å². The minimum atomic E-state index is 0.484. The van der Waals surface area contributed by atoms with Gasteiger partial charge in [0.15, 0.2) is 11.2 Å². The first kappa shape index (κ1) is 12.6. The van der Waals surface area contributed by atoms with Gasteiger partial charge in [-0.05, 0) is 13.8 Å². The molecule has 0 saturated carbocycles. The van der Waals surface area contributed by atoms with Gasteiger partial charge in [0.1, 0.15) is 12.2 Å². The molecular weight excluding hydrogens is 256 g/mol. The molecule has 0 aliphatic heterocycles. The predicted octanol–water partition coefficient (Wildman–Crippen LogP) is 1.56. The molecule has 0 fully saturated rings. The van der Waals surface area contributed by atoms with Crippen molar-refractivity contribution in [1.82, 2.24) is 29.3 Å². The zero-order valence-electron chi connectivity index (χ0n) is 12.0. The first-order chi connectivity index (χ1) is 9.67. The molecule has 0 radical (unpaired) electrons. The molecule has 7 heteroatoms. The van der Waals surface area contributed by atoms with Gasteiger partial charge in [0.2, 0.25) is 5.88 Å². The summed E-state index contributed by atoms with van der Waals surface area (Å²) < 4.78 is 9.12. The Morgan fingerprint density at radius 2 is 2.10 bits per heavy atom. The molecule has 0 saturated heterocycles. The summed E-state index contributed by atoms with van der Waals surface area (Å²) in [5.74, 6) is 1.30. The van der Waals surface area contributed by atoms with Crippen LogP contribution in [0.1, 0.15) is 12.6 Å². The quantitative estimate of drug-likeness (QED) is 0.723. The summed E-state index contributed by atoms with van der Waals surface area (Å²) in [6.07, 6.45) is 3.31. The Morgan fingerprint density at radius 1 is 1.30 bits per heavy atom. The second-order valence-electron chi connectivity index (χ2n) is 4.51. The molecule has 3 aromatic rings. The van der Waals surface area contributed by atoms with Gasteiger partial charge in [0.25, 0.3) is 0 Å². The van der Waals surface area contributed by atoms with Crippen LogP contribution >= 0.6 is 0 Å². The van der Waals surface area contributed by atoms with E-state index >= 15 is 0 Å². The van der Waals surface area contributed by atoms with Crippen molar-refractivity contribution >= 4 is 11.2 Å². The molecule has 7 nitrogen and oxygen atoms in total. The van der Waals surface area contributed by atoms with E-state index in [-0.39, 0.29) is 0 Å². The van der Waals surface area contributed by atoms with Crippen LogP contribution < -0.4 is 4.74 Å². The zero-order chi connectivity index (χ0) is 14.3.